The Morgan fingerprint density at radius 3 is 1.81 bits per heavy atom. The van der Waals surface area contributed by atoms with Gasteiger partial charge in [-0.3, -0.25) is 9.59 Å². The zero-order valence-electron chi connectivity index (χ0n) is 18.2. The largest absolute Gasteiger partial charge is 0.466 e. The van der Waals surface area contributed by atoms with E-state index >= 15 is 0 Å². The first kappa shape index (κ1) is 25.9. The van der Waals surface area contributed by atoms with E-state index < -0.39 is 0 Å². The molecule has 0 bridgehead atoms. The Kier molecular flexibility index (Phi) is 18.9. The minimum atomic E-state index is -0.200. The van der Waals surface area contributed by atoms with Crippen molar-refractivity contribution in [3.8, 4) is 0 Å². The third-order valence-corrected chi connectivity index (χ3v) is 4.82. The summed E-state index contributed by atoms with van der Waals surface area (Å²) >= 11 is 0. The molecule has 0 aromatic rings. The van der Waals surface area contributed by atoms with Crippen LogP contribution in [0.2, 0.25) is 0 Å². The van der Waals surface area contributed by atoms with Crippen molar-refractivity contribution in [2.75, 3.05) is 6.61 Å². The number of esters is 2. The van der Waals surface area contributed by atoms with Gasteiger partial charge < -0.3 is 9.47 Å². The standard InChI is InChI=1S/C23H44O4/c1-4-6-8-10-11-12-13-15-20-26-22(24)18-16-19-23(25)27-21(3)17-14-9-7-5-2/h21H,4-20H2,1-3H3. The molecule has 4 nitrogen and oxygen atoms in total. The van der Waals surface area contributed by atoms with Crippen LogP contribution in [-0.4, -0.2) is 24.6 Å². The van der Waals surface area contributed by atoms with Crippen molar-refractivity contribution in [3.63, 3.8) is 0 Å². The minimum absolute atomic E-state index is 0.0247. The predicted molar refractivity (Wildman–Crippen MR) is 112 cm³/mol. The summed E-state index contributed by atoms with van der Waals surface area (Å²) in [6.07, 6.45) is 16.6. The first-order valence-electron chi connectivity index (χ1n) is 11.4. The van der Waals surface area contributed by atoms with E-state index in [1.54, 1.807) is 0 Å². The third-order valence-electron chi connectivity index (χ3n) is 4.82. The summed E-state index contributed by atoms with van der Waals surface area (Å²) in [7, 11) is 0. The molecule has 1 atom stereocenters. The van der Waals surface area contributed by atoms with Gasteiger partial charge in [-0.15, -0.1) is 0 Å². The SMILES string of the molecule is CCCCCCCCCCOC(=O)CCCC(=O)OC(C)CCCCCC. The van der Waals surface area contributed by atoms with E-state index in [0.29, 0.717) is 25.9 Å². The van der Waals surface area contributed by atoms with Gasteiger partial charge in [0.25, 0.3) is 0 Å². The Hall–Kier alpha value is -1.06. The number of carbonyl (C=O) groups excluding carboxylic acids is 2. The lowest BCUT2D eigenvalue weighted by molar-refractivity contribution is -0.149. The smallest absolute Gasteiger partial charge is 0.306 e. The average Bonchev–Trinajstić information content (AvgIpc) is 2.64. The van der Waals surface area contributed by atoms with Crippen molar-refractivity contribution in [2.24, 2.45) is 0 Å². The molecule has 0 saturated heterocycles. The number of hydrogen-bond acceptors (Lipinski definition) is 4. The molecular formula is C23H44O4. The van der Waals surface area contributed by atoms with E-state index in [9.17, 15) is 9.59 Å². The number of carbonyl (C=O) groups is 2. The molecule has 0 aliphatic carbocycles. The molecule has 0 spiro atoms. The highest BCUT2D eigenvalue weighted by Gasteiger charge is 2.11. The van der Waals surface area contributed by atoms with Crippen molar-refractivity contribution in [2.45, 2.75) is 130 Å². The molecule has 0 heterocycles. The highest BCUT2D eigenvalue weighted by atomic mass is 16.5. The maximum Gasteiger partial charge on any atom is 0.306 e. The molecule has 27 heavy (non-hydrogen) atoms. The lowest BCUT2D eigenvalue weighted by Crippen LogP contribution is -2.15. The highest BCUT2D eigenvalue weighted by Crippen LogP contribution is 2.11. The molecule has 0 amide bonds. The maximum atomic E-state index is 11.8. The van der Waals surface area contributed by atoms with Crippen LogP contribution in [0.1, 0.15) is 124 Å². The van der Waals surface area contributed by atoms with Gasteiger partial charge >= 0.3 is 11.9 Å². The summed E-state index contributed by atoms with van der Waals surface area (Å²) in [5.41, 5.74) is 0. The van der Waals surface area contributed by atoms with E-state index in [1.165, 1.54) is 57.8 Å². The Balaban J connectivity index is 3.45. The molecule has 0 aliphatic rings. The summed E-state index contributed by atoms with van der Waals surface area (Å²) in [5.74, 6) is -0.396. The molecule has 0 aromatic heterocycles. The van der Waals surface area contributed by atoms with Crippen LogP contribution in [0.25, 0.3) is 0 Å². The van der Waals surface area contributed by atoms with Crippen LogP contribution >= 0.6 is 0 Å². The highest BCUT2D eigenvalue weighted by molar-refractivity contribution is 5.72. The van der Waals surface area contributed by atoms with Crippen LogP contribution < -0.4 is 0 Å². The van der Waals surface area contributed by atoms with Crippen molar-refractivity contribution in [3.05, 3.63) is 0 Å². The van der Waals surface area contributed by atoms with Gasteiger partial charge in [0.2, 0.25) is 0 Å². The summed E-state index contributed by atoms with van der Waals surface area (Å²) in [6.45, 7) is 6.87. The quantitative estimate of drug-likeness (QED) is 0.183. The zero-order valence-corrected chi connectivity index (χ0v) is 18.2. The van der Waals surface area contributed by atoms with E-state index in [0.717, 1.165) is 25.7 Å². The van der Waals surface area contributed by atoms with Crippen molar-refractivity contribution in [1.29, 1.82) is 0 Å². The lowest BCUT2D eigenvalue weighted by Gasteiger charge is -2.13. The summed E-state index contributed by atoms with van der Waals surface area (Å²) < 4.78 is 10.6. The Morgan fingerprint density at radius 2 is 1.19 bits per heavy atom. The fourth-order valence-corrected chi connectivity index (χ4v) is 3.07. The zero-order chi connectivity index (χ0) is 20.2. The van der Waals surface area contributed by atoms with Crippen LogP contribution in [-0.2, 0) is 19.1 Å². The van der Waals surface area contributed by atoms with Crippen LogP contribution in [0.5, 0.6) is 0 Å². The number of ether oxygens (including phenoxy) is 2. The lowest BCUT2D eigenvalue weighted by atomic mass is 10.1. The molecule has 1 unspecified atom stereocenters. The topological polar surface area (TPSA) is 52.6 Å². The van der Waals surface area contributed by atoms with Crippen LogP contribution in [0, 0.1) is 0 Å². The minimum Gasteiger partial charge on any atom is -0.466 e. The fraction of sp³-hybridized carbons (Fsp3) is 0.913. The normalized spacial score (nSPS) is 12.0. The van der Waals surface area contributed by atoms with Gasteiger partial charge in [-0.05, 0) is 32.6 Å². The van der Waals surface area contributed by atoms with Gasteiger partial charge in [0.15, 0.2) is 0 Å². The van der Waals surface area contributed by atoms with Gasteiger partial charge in [-0.2, -0.15) is 0 Å². The second kappa shape index (κ2) is 19.7. The van der Waals surface area contributed by atoms with Crippen LogP contribution in [0.3, 0.4) is 0 Å². The molecule has 0 aliphatic heterocycles. The predicted octanol–water partition coefficient (Wildman–Crippen LogP) is 6.74. The summed E-state index contributed by atoms with van der Waals surface area (Å²) in [5, 5.41) is 0. The molecule has 4 heteroatoms. The third kappa shape index (κ3) is 19.5. The molecule has 0 fully saturated rings. The van der Waals surface area contributed by atoms with E-state index in [1.807, 2.05) is 6.92 Å². The Labute approximate surface area is 167 Å². The molecule has 0 aromatic carbocycles. The maximum absolute atomic E-state index is 11.8. The van der Waals surface area contributed by atoms with Gasteiger partial charge in [-0.1, -0.05) is 78.1 Å². The van der Waals surface area contributed by atoms with Crippen molar-refractivity contribution in [1.82, 2.24) is 0 Å². The average molecular weight is 385 g/mol. The summed E-state index contributed by atoms with van der Waals surface area (Å²) in [4.78, 5) is 23.5. The first-order chi connectivity index (χ1) is 13.1. The van der Waals surface area contributed by atoms with Crippen molar-refractivity contribution >= 4 is 11.9 Å². The molecule has 0 saturated carbocycles. The second-order valence-corrected chi connectivity index (χ2v) is 7.70. The number of hydrogen-bond donors (Lipinski definition) is 0. The summed E-state index contributed by atoms with van der Waals surface area (Å²) in [6, 6.07) is 0. The van der Waals surface area contributed by atoms with E-state index in [-0.39, 0.29) is 18.0 Å². The monoisotopic (exact) mass is 384 g/mol. The van der Waals surface area contributed by atoms with Gasteiger partial charge in [-0.25, -0.2) is 0 Å². The van der Waals surface area contributed by atoms with Crippen LogP contribution in [0.4, 0.5) is 0 Å². The molecular weight excluding hydrogens is 340 g/mol. The number of unbranched alkanes of at least 4 members (excludes halogenated alkanes) is 10. The number of rotatable bonds is 19. The molecule has 160 valence electrons. The Bertz CT molecular complexity index is 354. The first-order valence-corrected chi connectivity index (χ1v) is 11.4. The fourth-order valence-electron chi connectivity index (χ4n) is 3.07. The van der Waals surface area contributed by atoms with Gasteiger partial charge in [0, 0.05) is 12.8 Å². The van der Waals surface area contributed by atoms with Gasteiger partial charge in [0.05, 0.1) is 12.7 Å². The van der Waals surface area contributed by atoms with Gasteiger partial charge in [0.1, 0.15) is 0 Å². The van der Waals surface area contributed by atoms with Crippen molar-refractivity contribution < 1.29 is 19.1 Å². The van der Waals surface area contributed by atoms with E-state index in [2.05, 4.69) is 13.8 Å². The Morgan fingerprint density at radius 1 is 0.667 bits per heavy atom. The molecule has 0 N–H and O–H groups in total. The van der Waals surface area contributed by atoms with E-state index in [4.69, 9.17) is 9.47 Å². The second-order valence-electron chi connectivity index (χ2n) is 7.70. The molecule has 0 rings (SSSR count). The molecule has 0 radical (unpaired) electrons. The van der Waals surface area contributed by atoms with Crippen LogP contribution in [0.15, 0.2) is 0 Å².